The van der Waals surface area contributed by atoms with Gasteiger partial charge in [0.25, 0.3) is 5.91 Å². The molecular weight excluding hydrogens is 344 g/mol. The van der Waals surface area contributed by atoms with E-state index in [4.69, 9.17) is 10.5 Å². The Morgan fingerprint density at radius 3 is 2.74 bits per heavy atom. The van der Waals surface area contributed by atoms with Gasteiger partial charge in [-0.3, -0.25) is 9.89 Å². The number of likely N-dealkylation sites (tertiary alicyclic amines) is 1. The summed E-state index contributed by atoms with van der Waals surface area (Å²) >= 11 is 0. The van der Waals surface area contributed by atoms with Crippen molar-refractivity contribution in [3.05, 3.63) is 17.5 Å². The van der Waals surface area contributed by atoms with Gasteiger partial charge in [-0.2, -0.15) is 5.10 Å². The van der Waals surface area contributed by atoms with Crippen molar-refractivity contribution in [3.8, 4) is 0 Å². The Labute approximate surface area is 160 Å². The third-order valence-electron chi connectivity index (χ3n) is 7.07. The van der Waals surface area contributed by atoms with Gasteiger partial charge in [0.2, 0.25) is 0 Å². The minimum absolute atomic E-state index is 0.0695. The van der Waals surface area contributed by atoms with Crippen LogP contribution < -0.4 is 5.73 Å². The predicted octanol–water partition coefficient (Wildman–Crippen LogP) is 1.79. The number of rotatable bonds is 5. The van der Waals surface area contributed by atoms with Crippen LogP contribution in [0.15, 0.2) is 6.20 Å². The molecule has 1 saturated heterocycles. The number of aromatic nitrogens is 2. The van der Waals surface area contributed by atoms with Crippen LogP contribution in [-0.4, -0.2) is 64.6 Å². The van der Waals surface area contributed by atoms with Gasteiger partial charge in [-0.05, 0) is 25.7 Å². The third kappa shape index (κ3) is 3.41. The smallest absolute Gasteiger partial charge is 0.257 e. The Hall–Kier alpha value is -1.44. The highest BCUT2D eigenvalue weighted by Gasteiger charge is 2.56. The van der Waals surface area contributed by atoms with Crippen molar-refractivity contribution in [1.82, 2.24) is 15.1 Å². The fourth-order valence-corrected chi connectivity index (χ4v) is 5.29. The third-order valence-corrected chi connectivity index (χ3v) is 7.07. The molecule has 3 fully saturated rings. The fourth-order valence-electron chi connectivity index (χ4n) is 5.29. The lowest BCUT2D eigenvalue weighted by atomic mass is 9.58. The Morgan fingerprint density at radius 1 is 1.33 bits per heavy atom. The summed E-state index contributed by atoms with van der Waals surface area (Å²) in [5.41, 5.74) is 7.11. The van der Waals surface area contributed by atoms with Crippen molar-refractivity contribution < 1.29 is 14.6 Å². The second kappa shape index (κ2) is 7.89. The topological polar surface area (TPSA) is 104 Å². The zero-order chi connectivity index (χ0) is 18.9. The molecule has 0 aromatic carbocycles. The molecule has 4 N–H and O–H groups in total. The normalized spacial score (nSPS) is 28.3. The van der Waals surface area contributed by atoms with Crippen LogP contribution >= 0.6 is 0 Å². The number of H-pyrrole nitrogens is 1. The molecule has 0 unspecified atom stereocenters. The molecule has 7 heteroatoms. The number of hydrogen-bond acceptors (Lipinski definition) is 5. The van der Waals surface area contributed by atoms with Crippen molar-refractivity contribution in [3.63, 3.8) is 0 Å². The van der Waals surface area contributed by atoms with Crippen LogP contribution in [-0.2, 0) is 4.74 Å². The first-order valence-electron chi connectivity index (χ1n) is 10.5. The maximum absolute atomic E-state index is 13.1. The number of hydrogen-bond donors (Lipinski definition) is 3. The molecule has 27 heavy (non-hydrogen) atoms. The van der Waals surface area contributed by atoms with Crippen molar-refractivity contribution in [2.75, 3.05) is 26.2 Å². The number of ether oxygens (including phenoxy) is 1. The van der Waals surface area contributed by atoms with Crippen LogP contribution in [0.2, 0.25) is 0 Å². The first kappa shape index (κ1) is 18.9. The number of aliphatic hydroxyl groups is 1. The molecule has 1 aliphatic heterocycles. The molecule has 3 aliphatic rings. The zero-order valence-corrected chi connectivity index (χ0v) is 16.0. The van der Waals surface area contributed by atoms with Crippen LogP contribution in [0, 0.1) is 5.41 Å². The van der Waals surface area contributed by atoms with E-state index >= 15 is 0 Å². The lowest BCUT2D eigenvalue weighted by Gasteiger charge is -2.56. The molecule has 0 bridgehead atoms. The number of carbonyl (C=O) groups is 1. The lowest BCUT2D eigenvalue weighted by molar-refractivity contribution is -0.207. The lowest BCUT2D eigenvalue weighted by Crippen LogP contribution is -2.63. The van der Waals surface area contributed by atoms with E-state index in [0.717, 1.165) is 36.9 Å². The predicted molar refractivity (Wildman–Crippen MR) is 101 cm³/mol. The Kier molecular flexibility index (Phi) is 5.53. The summed E-state index contributed by atoms with van der Waals surface area (Å²) in [5, 5.41) is 17.7. The summed E-state index contributed by atoms with van der Waals surface area (Å²) in [7, 11) is 0. The molecule has 1 spiro atoms. The number of aliphatic hydroxyl groups excluding tert-OH is 1. The number of nitrogens with zero attached hydrogens (tertiary/aromatic N) is 2. The minimum atomic E-state index is -0.329. The molecule has 2 saturated carbocycles. The average Bonchev–Trinajstić information content (AvgIpc) is 3.21. The Morgan fingerprint density at radius 2 is 2.07 bits per heavy atom. The van der Waals surface area contributed by atoms with E-state index in [1.165, 1.54) is 19.3 Å². The molecule has 2 heterocycles. The minimum Gasteiger partial charge on any atom is -0.392 e. The fraction of sp³-hybridized carbons (Fsp3) is 0.800. The molecule has 1 aromatic heterocycles. The van der Waals surface area contributed by atoms with Crippen LogP contribution in [0.3, 0.4) is 0 Å². The number of piperidine rings is 1. The van der Waals surface area contributed by atoms with Gasteiger partial charge in [0, 0.05) is 37.4 Å². The summed E-state index contributed by atoms with van der Waals surface area (Å²) in [6, 6.07) is 0. The summed E-state index contributed by atoms with van der Waals surface area (Å²) < 4.78 is 5.85. The number of amides is 1. The van der Waals surface area contributed by atoms with Gasteiger partial charge >= 0.3 is 0 Å². The summed E-state index contributed by atoms with van der Waals surface area (Å²) in [5.74, 6) is 0.506. The van der Waals surface area contributed by atoms with E-state index in [9.17, 15) is 9.90 Å². The van der Waals surface area contributed by atoms with E-state index in [2.05, 4.69) is 10.2 Å². The maximum Gasteiger partial charge on any atom is 0.257 e. The summed E-state index contributed by atoms with van der Waals surface area (Å²) in [6.07, 6.45) is 9.70. The molecule has 1 amide bonds. The molecule has 150 valence electrons. The zero-order valence-electron chi connectivity index (χ0n) is 16.0. The SMILES string of the molecule is NCCO[C@@H]1C[C@H](O)C12CCN(C(=O)c1cn[nH]c1C1CCCCC1)CC2. The first-order chi connectivity index (χ1) is 13.2. The van der Waals surface area contributed by atoms with Crippen molar-refractivity contribution in [1.29, 1.82) is 0 Å². The van der Waals surface area contributed by atoms with E-state index in [1.54, 1.807) is 6.20 Å². The summed E-state index contributed by atoms with van der Waals surface area (Å²) in [6.45, 7) is 2.35. The Balaban J connectivity index is 1.40. The number of carbonyl (C=O) groups excluding carboxylic acids is 1. The molecule has 4 rings (SSSR count). The quantitative estimate of drug-likeness (QED) is 0.727. The highest BCUT2D eigenvalue weighted by Crippen LogP contribution is 2.51. The Bertz CT molecular complexity index is 647. The molecule has 2 aliphatic carbocycles. The second-order valence-electron chi connectivity index (χ2n) is 8.46. The standard InChI is InChI=1S/C20H32N4O3/c21-8-11-27-17-12-16(25)20(17)6-9-24(10-7-20)19(26)15-13-22-23-18(15)14-4-2-1-3-5-14/h13-14,16-17,25H,1-12,21H2,(H,22,23)/t16-,17+/m0/s1. The summed E-state index contributed by atoms with van der Waals surface area (Å²) in [4.78, 5) is 15.1. The first-order valence-corrected chi connectivity index (χ1v) is 10.5. The highest BCUT2D eigenvalue weighted by molar-refractivity contribution is 5.95. The maximum atomic E-state index is 13.1. The van der Waals surface area contributed by atoms with Gasteiger partial charge in [0.05, 0.1) is 36.3 Å². The van der Waals surface area contributed by atoms with Crippen LogP contribution in [0.5, 0.6) is 0 Å². The van der Waals surface area contributed by atoms with Crippen molar-refractivity contribution in [2.24, 2.45) is 11.1 Å². The van der Waals surface area contributed by atoms with Crippen LogP contribution in [0.4, 0.5) is 0 Å². The van der Waals surface area contributed by atoms with Gasteiger partial charge in [-0.15, -0.1) is 0 Å². The van der Waals surface area contributed by atoms with Gasteiger partial charge in [0.15, 0.2) is 0 Å². The molecule has 1 aromatic rings. The largest absolute Gasteiger partial charge is 0.392 e. The van der Waals surface area contributed by atoms with Crippen molar-refractivity contribution >= 4 is 5.91 Å². The molecule has 7 nitrogen and oxygen atoms in total. The van der Waals surface area contributed by atoms with Crippen LogP contribution in [0.1, 0.15) is 73.3 Å². The van der Waals surface area contributed by atoms with E-state index in [1.807, 2.05) is 4.90 Å². The highest BCUT2D eigenvalue weighted by atomic mass is 16.5. The monoisotopic (exact) mass is 376 g/mol. The molecule has 0 radical (unpaired) electrons. The van der Waals surface area contributed by atoms with Gasteiger partial charge < -0.3 is 20.5 Å². The number of nitrogens with one attached hydrogen (secondary N) is 1. The van der Waals surface area contributed by atoms with E-state index in [-0.39, 0.29) is 23.5 Å². The van der Waals surface area contributed by atoms with Gasteiger partial charge in [-0.25, -0.2) is 0 Å². The molecular formula is C20H32N4O3. The van der Waals surface area contributed by atoms with E-state index < -0.39 is 0 Å². The average molecular weight is 377 g/mol. The number of nitrogens with two attached hydrogens (primary N) is 1. The van der Waals surface area contributed by atoms with Gasteiger partial charge in [0.1, 0.15) is 0 Å². The van der Waals surface area contributed by atoms with Gasteiger partial charge in [-0.1, -0.05) is 19.3 Å². The van der Waals surface area contributed by atoms with Crippen molar-refractivity contribution in [2.45, 2.75) is 69.5 Å². The van der Waals surface area contributed by atoms with E-state index in [0.29, 0.717) is 38.6 Å². The number of aromatic amines is 1. The second-order valence-corrected chi connectivity index (χ2v) is 8.46. The molecule has 2 atom stereocenters. The van der Waals surface area contributed by atoms with Crippen LogP contribution in [0.25, 0.3) is 0 Å².